The van der Waals surface area contributed by atoms with Crippen LogP contribution in [0.3, 0.4) is 0 Å². The molecule has 0 aromatic heterocycles. The van der Waals surface area contributed by atoms with Crippen molar-refractivity contribution in [3.05, 3.63) is 24.3 Å². The second-order valence-electron chi connectivity index (χ2n) is 3.83. The Morgan fingerprint density at radius 1 is 1.25 bits per heavy atom. The fourth-order valence-corrected chi connectivity index (χ4v) is 2.95. The van der Waals surface area contributed by atoms with E-state index in [1.54, 1.807) is 23.9 Å². The molecule has 16 heavy (non-hydrogen) atoms. The number of hydrogen-bond acceptors (Lipinski definition) is 4. The van der Waals surface area contributed by atoms with Crippen molar-refractivity contribution in [3.63, 3.8) is 0 Å². The highest BCUT2D eigenvalue weighted by Crippen LogP contribution is 2.29. The van der Waals surface area contributed by atoms with E-state index >= 15 is 0 Å². The molecule has 0 spiro atoms. The van der Waals surface area contributed by atoms with Gasteiger partial charge in [-0.15, -0.1) is 0 Å². The third-order valence-electron chi connectivity index (χ3n) is 2.59. The summed E-state index contributed by atoms with van der Waals surface area (Å²) in [5.74, 6) is 0. The van der Waals surface area contributed by atoms with E-state index in [0.717, 1.165) is 24.3 Å². The standard InChI is InChI=1S/C11H15BO3S/c13-12(14)9-5-1-2-6-10(9)16-11-7-3-4-8-15-11/h1-2,5-6,11,13-14H,3-4,7-8H2. The zero-order valence-corrected chi connectivity index (χ0v) is 9.82. The van der Waals surface area contributed by atoms with Gasteiger partial charge in [0.25, 0.3) is 0 Å². The Balaban J connectivity index is 2.07. The van der Waals surface area contributed by atoms with Gasteiger partial charge in [0, 0.05) is 11.5 Å². The molecule has 1 aliphatic rings. The molecule has 1 aliphatic heterocycles. The van der Waals surface area contributed by atoms with Gasteiger partial charge in [0.05, 0.1) is 0 Å². The van der Waals surface area contributed by atoms with Gasteiger partial charge in [0.2, 0.25) is 0 Å². The van der Waals surface area contributed by atoms with Crippen LogP contribution in [-0.4, -0.2) is 29.2 Å². The molecule has 1 unspecified atom stereocenters. The van der Waals surface area contributed by atoms with E-state index in [9.17, 15) is 10.0 Å². The average Bonchev–Trinajstić information content (AvgIpc) is 2.31. The van der Waals surface area contributed by atoms with Gasteiger partial charge < -0.3 is 14.8 Å². The summed E-state index contributed by atoms with van der Waals surface area (Å²) in [6, 6.07) is 7.34. The number of rotatable bonds is 3. The van der Waals surface area contributed by atoms with Crippen LogP contribution in [0, 0.1) is 0 Å². The molecule has 1 atom stereocenters. The maximum absolute atomic E-state index is 9.24. The first-order chi connectivity index (χ1) is 7.77. The monoisotopic (exact) mass is 238 g/mol. The van der Waals surface area contributed by atoms with E-state index in [-0.39, 0.29) is 5.44 Å². The molecule has 0 saturated carbocycles. The Labute approximate surface area is 100.0 Å². The lowest BCUT2D eigenvalue weighted by Crippen LogP contribution is -2.32. The average molecular weight is 238 g/mol. The minimum Gasteiger partial charge on any atom is -0.423 e. The molecule has 0 amide bonds. The van der Waals surface area contributed by atoms with Gasteiger partial charge >= 0.3 is 7.12 Å². The number of hydrogen-bond donors (Lipinski definition) is 2. The van der Waals surface area contributed by atoms with E-state index in [0.29, 0.717) is 5.46 Å². The number of ether oxygens (including phenoxy) is 1. The molecule has 5 heteroatoms. The summed E-state index contributed by atoms with van der Waals surface area (Å²) in [6.45, 7) is 0.807. The van der Waals surface area contributed by atoms with Gasteiger partial charge in [-0.2, -0.15) is 0 Å². The molecule has 0 bridgehead atoms. The summed E-state index contributed by atoms with van der Waals surface area (Å²) in [5, 5.41) is 18.5. The zero-order chi connectivity index (χ0) is 11.4. The van der Waals surface area contributed by atoms with Crippen molar-refractivity contribution >= 4 is 24.3 Å². The predicted octanol–water partition coefficient (Wildman–Crippen LogP) is 0.985. The fraction of sp³-hybridized carbons (Fsp3) is 0.455. The third kappa shape index (κ3) is 3.01. The Hall–Kier alpha value is -0.485. The van der Waals surface area contributed by atoms with Gasteiger partial charge in [0.15, 0.2) is 0 Å². The van der Waals surface area contributed by atoms with Crippen LogP contribution in [0.1, 0.15) is 19.3 Å². The molecule has 86 valence electrons. The summed E-state index contributed by atoms with van der Waals surface area (Å²) in [7, 11) is -1.41. The lowest BCUT2D eigenvalue weighted by atomic mass is 9.80. The van der Waals surface area contributed by atoms with Crippen LogP contribution in [0.15, 0.2) is 29.2 Å². The molecular weight excluding hydrogens is 223 g/mol. The van der Waals surface area contributed by atoms with E-state index in [1.165, 1.54) is 6.42 Å². The zero-order valence-electron chi connectivity index (χ0n) is 9.00. The fourth-order valence-electron chi connectivity index (χ4n) is 1.75. The van der Waals surface area contributed by atoms with Gasteiger partial charge in [-0.05, 0) is 30.8 Å². The molecule has 1 saturated heterocycles. The first-order valence-corrected chi connectivity index (χ1v) is 6.38. The van der Waals surface area contributed by atoms with Crippen LogP contribution < -0.4 is 5.46 Å². The molecule has 2 rings (SSSR count). The van der Waals surface area contributed by atoms with Crippen molar-refractivity contribution in [2.45, 2.75) is 29.6 Å². The summed E-state index contributed by atoms with van der Waals surface area (Å²) in [6.07, 6.45) is 3.34. The minimum absolute atomic E-state index is 0.147. The van der Waals surface area contributed by atoms with Crippen molar-refractivity contribution in [1.29, 1.82) is 0 Å². The summed E-state index contributed by atoms with van der Waals surface area (Å²) < 4.78 is 5.62. The lowest BCUT2D eigenvalue weighted by molar-refractivity contribution is 0.0728. The second-order valence-corrected chi connectivity index (χ2v) is 5.03. The van der Waals surface area contributed by atoms with E-state index in [2.05, 4.69) is 0 Å². The van der Waals surface area contributed by atoms with Crippen LogP contribution in [-0.2, 0) is 4.74 Å². The predicted molar refractivity (Wildman–Crippen MR) is 65.7 cm³/mol. The van der Waals surface area contributed by atoms with Crippen LogP contribution in [0.5, 0.6) is 0 Å². The first-order valence-electron chi connectivity index (χ1n) is 5.50. The molecule has 1 aromatic rings. The van der Waals surface area contributed by atoms with Crippen molar-refractivity contribution in [2.75, 3.05) is 6.61 Å². The summed E-state index contributed by atoms with van der Waals surface area (Å²) in [4.78, 5) is 0.893. The lowest BCUT2D eigenvalue weighted by Gasteiger charge is -2.22. The molecule has 0 radical (unpaired) electrons. The summed E-state index contributed by atoms with van der Waals surface area (Å²) in [5.41, 5.74) is 0.704. The molecule has 1 aromatic carbocycles. The SMILES string of the molecule is OB(O)c1ccccc1SC1CCCCO1. The maximum Gasteiger partial charge on any atom is 0.489 e. The molecule has 2 N–H and O–H groups in total. The van der Waals surface area contributed by atoms with Crippen LogP contribution in [0.2, 0.25) is 0 Å². The highest BCUT2D eigenvalue weighted by Gasteiger charge is 2.20. The number of thioether (sulfide) groups is 1. The highest BCUT2D eigenvalue weighted by molar-refractivity contribution is 8.00. The molecule has 3 nitrogen and oxygen atoms in total. The largest absolute Gasteiger partial charge is 0.489 e. The third-order valence-corrected chi connectivity index (χ3v) is 3.85. The van der Waals surface area contributed by atoms with Crippen molar-refractivity contribution < 1.29 is 14.8 Å². The highest BCUT2D eigenvalue weighted by atomic mass is 32.2. The maximum atomic E-state index is 9.24. The Morgan fingerprint density at radius 2 is 2.06 bits per heavy atom. The van der Waals surface area contributed by atoms with Gasteiger partial charge in [-0.3, -0.25) is 0 Å². The van der Waals surface area contributed by atoms with Gasteiger partial charge in [0.1, 0.15) is 5.44 Å². The van der Waals surface area contributed by atoms with Crippen molar-refractivity contribution in [1.82, 2.24) is 0 Å². The van der Waals surface area contributed by atoms with Crippen molar-refractivity contribution in [2.24, 2.45) is 0 Å². The molecule has 1 heterocycles. The van der Waals surface area contributed by atoms with Crippen LogP contribution in [0.25, 0.3) is 0 Å². The first kappa shape index (κ1) is 12.0. The quantitative estimate of drug-likeness (QED) is 0.771. The van der Waals surface area contributed by atoms with E-state index in [4.69, 9.17) is 4.74 Å². The Kier molecular flexibility index (Phi) is 4.29. The second kappa shape index (κ2) is 5.73. The number of benzene rings is 1. The Morgan fingerprint density at radius 3 is 2.75 bits per heavy atom. The molecule has 0 aliphatic carbocycles. The smallest absolute Gasteiger partial charge is 0.423 e. The van der Waals surface area contributed by atoms with Crippen LogP contribution in [0.4, 0.5) is 0 Å². The van der Waals surface area contributed by atoms with Gasteiger partial charge in [-0.1, -0.05) is 30.0 Å². The molecular formula is C11H15BO3S. The van der Waals surface area contributed by atoms with Crippen LogP contribution >= 0.6 is 11.8 Å². The minimum atomic E-state index is -1.41. The van der Waals surface area contributed by atoms with Crippen molar-refractivity contribution in [3.8, 4) is 0 Å². The Bertz CT molecular complexity index is 340. The van der Waals surface area contributed by atoms with Gasteiger partial charge in [-0.25, -0.2) is 0 Å². The molecule has 1 fully saturated rings. The topological polar surface area (TPSA) is 49.7 Å². The van der Waals surface area contributed by atoms with E-state index < -0.39 is 7.12 Å². The van der Waals surface area contributed by atoms with E-state index in [1.807, 2.05) is 12.1 Å². The normalized spacial score (nSPS) is 20.8. The summed E-state index contributed by atoms with van der Waals surface area (Å²) >= 11 is 1.58.